The zero-order valence-electron chi connectivity index (χ0n) is 13.3. The van der Waals surface area contributed by atoms with E-state index in [1.807, 2.05) is 13.0 Å². The Bertz CT molecular complexity index is 424. The van der Waals surface area contributed by atoms with Crippen LogP contribution in [0.4, 0.5) is 5.82 Å². The van der Waals surface area contributed by atoms with Gasteiger partial charge in [0.1, 0.15) is 11.6 Å². The first-order valence-corrected chi connectivity index (χ1v) is 7.89. The normalized spacial score (nSPS) is 18.2. The van der Waals surface area contributed by atoms with Gasteiger partial charge in [-0.1, -0.05) is 20.3 Å². The first kappa shape index (κ1) is 15.2. The molecule has 4 nitrogen and oxygen atoms in total. The lowest BCUT2D eigenvalue weighted by atomic mass is 10.1. The summed E-state index contributed by atoms with van der Waals surface area (Å²) in [6.07, 6.45) is 4.07. The Morgan fingerprint density at radius 3 is 2.50 bits per heavy atom. The number of piperidine rings is 1. The predicted molar refractivity (Wildman–Crippen MR) is 84.2 cm³/mol. The van der Waals surface area contributed by atoms with Gasteiger partial charge in [-0.25, -0.2) is 9.97 Å². The monoisotopic (exact) mass is 276 g/mol. The van der Waals surface area contributed by atoms with E-state index in [-0.39, 0.29) is 0 Å². The lowest BCUT2D eigenvalue weighted by molar-refractivity contribution is 0.180. The highest BCUT2D eigenvalue weighted by atomic mass is 15.2. The number of hydrogen-bond donors (Lipinski definition) is 1. The van der Waals surface area contributed by atoms with Crippen LogP contribution >= 0.6 is 0 Å². The predicted octanol–water partition coefficient (Wildman–Crippen LogP) is 3.19. The molecule has 1 aliphatic heterocycles. The van der Waals surface area contributed by atoms with Crippen LogP contribution in [0.25, 0.3) is 0 Å². The van der Waals surface area contributed by atoms with Gasteiger partial charge in [-0.15, -0.1) is 0 Å². The third-order valence-corrected chi connectivity index (χ3v) is 3.98. The molecule has 1 fully saturated rings. The summed E-state index contributed by atoms with van der Waals surface area (Å²) in [6.45, 7) is 12.0. The van der Waals surface area contributed by atoms with Crippen molar-refractivity contribution in [3.63, 3.8) is 0 Å². The van der Waals surface area contributed by atoms with E-state index in [0.29, 0.717) is 12.0 Å². The lowest BCUT2D eigenvalue weighted by Crippen LogP contribution is -2.41. The number of nitrogens with zero attached hydrogens (tertiary/aromatic N) is 3. The van der Waals surface area contributed by atoms with E-state index in [4.69, 9.17) is 0 Å². The molecule has 1 atom stereocenters. The van der Waals surface area contributed by atoms with Crippen molar-refractivity contribution in [2.45, 2.75) is 58.9 Å². The Hall–Kier alpha value is -1.16. The molecule has 0 radical (unpaired) electrons. The van der Waals surface area contributed by atoms with Crippen molar-refractivity contribution in [1.29, 1.82) is 0 Å². The van der Waals surface area contributed by atoms with E-state index >= 15 is 0 Å². The molecule has 1 aromatic heterocycles. The van der Waals surface area contributed by atoms with E-state index in [0.717, 1.165) is 23.9 Å². The van der Waals surface area contributed by atoms with Crippen LogP contribution in [-0.2, 0) is 0 Å². The minimum absolute atomic E-state index is 0.370. The molecular weight excluding hydrogens is 248 g/mol. The molecule has 1 saturated heterocycles. The third kappa shape index (κ3) is 4.17. The maximum atomic E-state index is 4.61. The van der Waals surface area contributed by atoms with Crippen LogP contribution in [0, 0.1) is 6.92 Å². The zero-order valence-corrected chi connectivity index (χ0v) is 13.3. The molecule has 1 aliphatic rings. The van der Waals surface area contributed by atoms with Crippen molar-refractivity contribution in [3.05, 3.63) is 17.6 Å². The quantitative estimate of drug-likeness (QED) is 0.896. The number of anilines is 1. The van der Waals surface area contributed by atoms with Crippen LogP contribution in [0.1, 0.15) is 57.5 Å². The lowest BCUT2D eigenvalue weighted by Gasteiger charge is -2.32. The summed E-state index contributed by atoms with van der Waals surface area (Å²) in [5.41, 5.74) is 1.04. The number of likely N-dealkylation sites (tertiary alicyclic amines) is 1. The molecule has 0 bridgehead atoms. The van der Waals surface area contributed by atoms with Crippen LogP contribution in [0.5, 0.6) is 0 Å². The molecule has 2 heterocycles. The third-order valence-electron chi connectivity index (χ3n) is 3.98. The molecule has 4 heteroatoms. The highest BCUT2D eigenvalue weighted by Crippen LogP contribution is 2.15. The Morgan fingerprint density at radius 2 is 1.85 bits per heavy atom. The topological polar surface area (TPSA) is 41.0 Å². The molecule has 0 aromatic carbocycles. The number of aromatic nitrogens is 2. The first-order valence-electron chi connectivity index (χ1n) is 7.89. The van der Waals surface area contributed by atoms with Gasteiger partial charge in [0, 0.05) is 30.3 Å². The van der Waals surface area contributed by atoms with Crippen molar-refractivity contribution < 1.29 is 0 Å². The van der Waals surface area contributed by atoms with Gasteiger partial charge in [0.05, 0.1) is 0 Å². The van der Waals surface area contributed by atoms with Crippen LogP contribution < -0.4 is 5.32 Å². The van der Waals surface area contributed by atoms with Crippen LogP contribution in [0.15, 0.2) is 6.07 Å². The Labute approximate surface area is 123 Å². The molecular formula is C16H28N4. The van der Waals surface area contributed by atoms with E-state index in [1.165, 1.54) is 32.4 Å². The average molecular weight is 276 g/mol. The smallest absolute Gasteiger partial charge is 0.133 e. The second kappa shape index (κ2) is 7.02. The Morgan fingerprint density at radius 1 is 1.15 bits per heavy atom. The van der Waals surface area contributed by atoms with Crippen LogP contribution in [0.2, 0.25) is 0 Å². The van der Waals surface area contributed by atoms with E-state index < -0.39 is 0 Å². The number of hydrogen-bond acceptors (Lipinski definition) is 4. The van der Waals surface area contributed by atoms with Crippen molar-refractivity contribution in [2.24, 2.45) is 0 Å². The summed E-state index contributed by atoms with van der Waals surface area (Å²) in [7, 11) is 0. The summed E-state index contributed by atoms with van der Waals surface area (Å²) >= 11 is 0. The standard InChI is InChI=1S/C16H28N4/c1-12(2)16-18-13(3)10-15(19-16)17-11-14(4)20-8-6-5-7-9-20/h10,12,14H,5-9,11H2,1-4H3,(H,17,18,19). The number of aryl methyl sites for hydroxylation is 1. The van der Waals surface area contributed by atoms with Gasteiger partial charge in [0.25, 0.3) is 0 Å². The SMILES string of the molecule is Cc1cc(NCC(C)N2CCCCC2)nc(C(C)C)n1. The summed E-state index contributed by atoms with van der Waals surface area (Å²) < 4.78 is 0. The summed E-state index contributed by atoms with van der Waals surface area (Å²) in [4.78, 5) is 11.7. The second-order valence-corrected chi connectivity index (χ2v) is 6.23. The van der Waals surface area contributed by atoms with Gasteiger partial charge in [-0.3, -0.25) is 4.90 Å². The van der Waals surface area contributed by atoms with Gasteiger partial charge in [-0.2, -0.15) is 0 Å². The molecule has 0 saturated carbocycles. The van der Waals surface area contributed by atoms with Crippen LogP contribution in [0.3, 0.4) is 0 Å². The Balaban J connectivity index is 1.92. The fourth-order valence-electron chi connectivity index (χ4n) is 2.68. The highest BCUT2D eigenvalue weighted by Gasteiger charge is 2.16. The number of rotatable bonds is 5. The molecule has 0 spiro atoms. The van der Waals surface area contributed by atoms with Gasteiger partial charge in [0.15, 0.2) is 0 Å². The average Bonchev–Trinajstić information content (AvgIpc) is 2.45. The molecule has 1 aromatic rings. The summed E-state index contributed by atoms with van der Waals surface area (Å²) in [6, 6.07) is 2.60. The molecule has 1 unspecified atom stereocenters. The minimum atomic E-state index is 0.370. The molecule has 20 heavy (non-hydrogen) atoms. The maximum Gasteiger partial charge on any atom is 0.133 e. The minimum Gasteiger partial charge on any atom is -0.368 e. The van der Waals surface area contributed by atoms with E-state index in [9.17, 15) is 0 Å². The Kier molecular flexibility index (Phi) is 5.35. The largest absolute Gasteiger partial charge is 0.368 e. The van der Waals surface area contributed by atoms with Crippen molar-refractivity contribution >= 4 is 5.82 Å². The van der Waals surface area contributed by atoms with Gasteiger partial charge in [0.2, 0.25) is 0 Å². The van der Waals surface area contributed by atoms with Crippen molar-refractivity contribution in [3.8, 4) is 0 Å². The van der Waals surface area contributed by atoms with Crippen LogP contribution in [-0.4, -0.2) is 40.5 Å². The fraction of sp³-hybridized carbons (Fsp3) is 0.750. The van der Waals surface area contributed by atoms with Crippen molar-refractivity contribution in [1.82, 2.24) is 14.9 Å². The molecule has 0 amide bonds. The molecule has 1 N–H and O–H groups in total. The van der Waals surface area contributed by atoms with Gasteiger partial charge >= 0.3 is 0 Å². The molecule has 2 rings (SSSR count). The zero-order chi connectivity index (χ0) is 14.5. The van der Waals surface area contributed by atoms with E-state index in [1.54, 1.807) is 0 Å². The first-order chi connectivity index (χ1) is 9.56. The highest BCUT2D eigenvalue weighted by molar-refractivity contribution is 5.36. The number of nitrogens with one attached hydrogen (secondary N) is 1. The van der Waals surface area contributed by atoms with Crippen molar-refractivity contribution in [2.75, 3.05) is 25.0 Å². The molecule has 112 valence electrons. The fourth-order valence-corrected chi connectivity index (χ4v) is 2.68. The summed E-state index contributed by atoms with van der Waals surface area (Å²) in [5.74, 6) is 2.26. The van der Waals surface area contributed by atoms with Gasteiger partial charge in [-0.05, 0) is 39.8 Å². The molecule has 0 aliphatic carbocycles. The van der Waals surface area contributed by atoms with E-state index in [2.05, 4.69) is 41.0 Å². The maximum absolute atomic E-state index is 4.61. The summed E-state index contributed by atoms with van der Waals surface area (Å²) in [5, 5.41) is 3.49. The van der Waals surface area contributed by atoms with Gasteiger partial charge < -0.3 is 5.32 Å². The second-order valence-electron chi connectivity index (χ2n) is 6.23.